The molecule has 4 aliphatic heterocycles. The first-order valence-corrected chi connectivity index (χ1v) is 6.77. The molecule has 9 atom stereocenters. The van der Waals surface area contributed by atoms with Crippen molar-refractivity contribution in [3.63, 3.8) is 0 Å². The second-order valence-electron chi connectivity index (χ2n) is 6.22. The van der Waals surface area contributed by atoms with Gasteiger partial charge in [-0.3, -0.25) is 0 Å². The van der Waals surface area contributed by atoms with E-state index in [1.807, 2.05) is 0 Å². The van der Waals surface area contributed by atoms with Crippen molar-refractivity contribution >= 4 is 5.96 Å². The van der Waals surface area contributed by atoms with Crippen LogP contribution in [0.1, 0.15) is 0 Å². The number of aliphatic imine (C=N–C) groups is 1. The number of rotatable bonds is 1. The first-order valence-electron chi connectivity index (χ1n) is 6.77. The van der Waals surface area contributed by atoms with Crippen LogP contribution < -0.4 is 11.1 Å². The number of nitrogens with zero attached hydrogens (tertiary/aromatic N) is 1. The molecule has 0 aromatic rings. The molecule has 5 rings (SSSR count). The minimum absolute atomic E-state index is 0.250. The van der Waals surface area contributed by atoms with E-state index in [2.05, 4.69) is 10.3 Å². The molecule has 0 unspecified atom stereocenters. The number of aliphatic hydroxyl groups is 6. The average Bonchev–Trinajstić information content (AvgIpc) is 2.45. The Kier molecular flexibility index (Phi) is 2.57. The lowest BCUT2D eigenvalue weighted by Crippen LogP contribution is -2.95. The lowest BCUT2D eigenvalue weighted by molar-refractivity contribution is -0.548. The minimum atomic E-state index is -2.52. The fraction of sp³-hybridized carbons (Fsp3) is 0.909. The molecule has 0 aromatic heterocycles. The van der Waals surface area contributed by atoms with Crippen LogP contribution in [0.4, 0.5) is 0 Å². The van der Waals surface area contributed by atoms with Crippen molar-refractivity contribution in [2.45, 2.75) is 47.8 Å². The van der Waals surface area contributed by atoms with E-state index in [1.54, 1.807) is 0 Å². The molecule has 0 aromatic carbocycles. The van der Waals surface area contributed by atoms with Crippen LogP contribution in [0.2, 0.25) is 0 Å². The maximum Gasteiger partial charge on any atom is 0.311 e. The zero-order valence-corrected chi connectivity index (χ0v) is 11.2. The van der Waals surface area contributed by atoms with Crippen LogP contribution in [0.5, 0.6) is 0 Å². The predicted octanol–water partition coefficient (Wildman–Crippen LogP) is -5.52. The van der Waals surface area contributed by atoms with Gasteiger partial charge in [0.1, 0.15) is 29.5 Å². The average molecular weight is 319 g/mol. The van der Waals surface area contributed by atoms with E-state index in [-0.39, 0.29) is 5.96 Å². The van der Waals surface area contributed by atoms with Gasteiger partial charge in [-0.15, -0.1) is 0 Å². The molecular formula is C11H17N3O8. The molecule has 3 saturated heterocycles. The molecule has 1 aliphatic carbocycles. The summed E-state index contributed by atoms with van der Waals surface area (Å²) < 4.78 is 10.3. The van der Waals surface area contributed by atoms with E-state index in [0.717, 1.165) is 0 Å². The largest absolute Gasteiger partial charge is 0.393 e. The second-order valence-corrected chi connectivity index (χ2v) is 6.22. The van der Waals surface area contributed by atoms with E-state index in [4.69, 9.17) is 15.2 Å². The summed E-state index contributed by atoms with van der Waals surface area (Å²) in [7, 11) is 0. The Bertz CT molecular complexity index is 561. The number of nitrogens with one attached hydrogen (secondary N) is 1. The number of hydrogen-bond donors (Lipinski definition) is 8. The van der Waals surface area contributed by atoms with Crippen LogP contribution in [-0.4, -0.2) is 91.0 Å². The monoisotopic (exact) mass is 319 g/mol. The molecule has 11 heteroatoms. The van der Waals surface area contributed by atoms with E-state index in [1.165, 1.54) is 0 Å². The maximum atomic E-state index is 10.6. The smallest absolute Gasteiger partial charge is 0.311 e. The number of hydrogen-bond acceptors (Lipinski definition) is 11. The Balaban J connectivity index is 1.95. The molecule has 1 spiro atoms. The van der Waals surface area contributed by atoms with E-state index >= 15 is 0 Å². The Morgan fingerprint density at radius 1 is 1.18 bits per heavy atom. The highest BCUT2D eigenvalue weighted by Crippen LogP contribution is 2.58. The van der Waals surface area contributed by atoms with E-state index in [9.17, 15) is 30.6 Å². The van der Waals surface area contributed by atoms with Crippen LogP contribution in [0.25, 0.3) is 0 Å². The molecule has 0 amide bonds. The summed E-state index contributed by atoms with van der Waals surface area (Å²) in [5, 5.41) is 64.3. The highest BCUT2D eigenvalue weighted by Gasteiger charge is 2.82. The summed E-state index contributed by atoms with van der Waals surface area (Å²) in [5.41, 5.74) is 1.74. The highest BCUT2D eigenvalue weighted by atomic mass is 16.9. The molecule has 22 heavy (non-hydrogen) atoms. The molecule has 1 saturated carbocycles. The summed E-state index contributed by atoms with van der Waals surface area (Å²) in [6.07, 6.45) is -7.77. The van der Waals surface area contributed by atoms with Crippen LogP contribution in [-0.2, 0) is 9.47 Å². The molecule has 5 aliphatic rings. The molecule has 0 radical (unpaired) electrons. The summed E-state index contributed by atoms with van der Waals surface area (Å²) in [6, 6.07) is 0. The lowest BCUT2D eigenvalue weighted by Gasteiger charge is -2.71. The lowest BCUT2D eigenvalue weighted by atomic mass is 9.55. The van der Waals surface area contributed by atoms with Crippen molar-refractivity contribution < 1.29 is 40.1 Å². The van der Waals surface area contributed by atoms with Gasteiger partial charge >= 0.3 is 5.97 Å². The van der Waals surface area contributed by atoms with Crippen LogP contribution >= 0.6 is 0 Å². The summed E-state index contributed by atoms with van der Waals surface area (Å²) in [5.74, 6) is -3.95. The summed E-state index contributed by atoms with van der Waals surface area (Å²) in [6.45, 7) is -0.857. The van der Waals surface area contributed by atoms with Gasteiger partial charge in [-0.2, -0.15) is 0 Å². The van der Waals surface area contributed by atoms with Crippen molar-refractivity contribution in [2.24, 2.45) is 16.6 Å². The molecule has 4 heterocycles. The first kappa shape index (κ1) is 14.5. The Labute approximate surface area is 123 Å². The number of nitrogens with two attached hydrogens (primary N) is 1. The third-order valence-corrected chi connectivity index (χ3v) is 5.22. The summed E-state index contributed by atoms with van der Waals surface area (Å²) in [4.78, 5) is 3.70. The van der Waals surface area contributed by atoms with E-state index in [0.29, 0.717) is 0 Å². The predicted molar refractivity (Wildman–Crippen MR) is 65.7 cm³/mol. The summed E-state index contributed by atoms with van der Waals surface area (Å²) >= 11 is 0. The van der Waals surface area contributed by atoms with Crippen LogP contribution in [0.15, 0.2) is 4.99 Å². The highest BCUT2D eigenvalue weighted by molar-refractivity contribution is 5.80. The number of guanidine groups is 1. The standard InChI is InChI=1S/C11H17N3O8/c12-8-13-6(17)2-4-9(19,1-15)5-3(16)10(2,14-8)7(18)11(20,21-4)22-5/h2-7,15-20H,1H2,(H3,12,13,14)/t2-,3-,4+,5+,6+,7+,9+,10-,11+/m1/s1. The van der Waals surface area contributed by atoms with Gasteiger partial charge in [-0.1, -0.05) is 0 Å². The van der Waals surface area contributed by atoms with Crippen molar-refractivity contribution in [1.82, 2.24) is 5.32 Å². The Morgan fingerprint density at radius 3 is 2.45 bits per heavy atom. The second kappa shape index (κ2) is 3.88. The normalized spacial score (nSPS) is 62.4. The topological polar surface area (TPSA) is 190 Å². The number of aliphatic hydroxyl groups excluding tert-OH is 4. The van der Waals surface area contributed by atoms with Gasteiger partial charge in [-0.05, 0) is 0 Å². The SMILES string of the molecule is NC1=N[C@@H](O)[C@H]2[C@@H]3O[C@]4(O)O[C@@H]([C@@H](O)[C@@]2(N1)[C@@H]4O)[C@]3(O)CO. The minimum Gasteiger partial charge on any atom is -0.393 e. The van der Waals surface area contributed by atoms with Gasteiger partial charge in [0, 0.05) is 0 Å². The van der Waals surface area contributed by atoms with Crippen molar-refractivity contribution in [2.75, 3.05) is 6.61 Å². The van der Waals surface area contributed by atoms with Gasteiger partial charge < -0.3 is 51.2 Å². The van der Waals surface area contributed by atoms with E-state index < -0.39 is 60.3 Å². The molecule has 4 bridgehead atoms. The van der Waals surface area contributed by atoms with Crippen LogP contribution in [0, 0.1) is 5.92 Å². The van der Waals surface area contributed by atoms with Crippen molar-refractivity contribution in [3.05, 3.63) is 0 Å². The van der Waals surface area contributed by atoms with Gasteiger partial charge in [0.25, 0.3) is 0 Å². The number of ether oxygens (including phenoxy) is 2. The van der Waals surface area contributed by atoms with Gasteiger partial charge in [0.2, 0.25) is 0 Å². The first-order chi connectivity index (χ1) is 10.2. The van der Waals surface area contributed by atoms with Gasteiger partial charge in [0.15, 0.2) is 18.3 Å². The van der Waals surface area contributed by atoms with Crippen molar-refractivity contribution in [1.29, 1.82) is 0 Å². The third-order valence-electron chi connectivity index (χ3n) is 5.22. The van der Waals surface area contributed by atoms with Crippen LogP contribution in [0.3, 0.4) is 0 Å². The quantitative estimate of drug-likeness (QED) is 0.231. The van der Waals surface area contributed by atoms with Gasteiger partial charge in [0.05, 0.1) is 12.5 Å². The maximum absolute atomic E-state index is 10.6. The zero-order chi connectivity index (χ0) is 16.1. The molecule has 9 N–H and O–H groups in total. The Morgan fingerprint density at radius 2 is 1.82 bits per heavy atom. The van der Waals surface area contributed by atoms with Crippen molar-refractivity contribution in [3.8, 4) is 0 Å². The molecule has 11 nitrogen and oxygen atoms in total. The third kappa shape index (κ3) is 1.28. The molecule has 124 valence electrons. The Hall–Kier alpha value is -1.05. The van der Waals surface area contributed by atoms with Gasteiger partial charge in [-0.25, -0.2) is 4.99 Å². The fourth-order valence-electron chi connectivity index (χ4n) is 4.24. The molecule has 4 fully saturated rings. The molecular weight excluding hydrogens is 302 g/mol. The zero-order valence-electron chi connectivity index (χ0n) is 11.2. The fourth-order valence-corrected chi connectivity index (χ4v) is 4.24.